The number of amides is 3. The van der Waals surface area contributed by atoms with Gasteiger partial charge in [0.15, 0.2) is 6.23 Å². The third-order valence-electron chi connectivity index (χ3n) is 2.56. The van der Waals surface area contributed by atoms with Gasteiger partial charge in [-0.05, 0) is 38.1 Å². The molecule has 0 aliphatic carbocycles. The number of nitrogens with two attached hydrogens (primary N) is 1. The Morgan fingerprint density at radius 2 is 2.00 bits per heavy atom. The van der Waals surface area contributed by atoms with E-state index in [9.17, 15) is 14.7 Å². The molecule has 0 saturated carbocycles. The highest BCUT2D eigenvalue weighted by Crippen LogP contribution is 2.16. The van der Waals surface area contributed by atoms with Crippen LogP contribution in [0, 0.1) is 0 Å². The van der Waals surface area contributed by atoms with Crippen molar-refractivity contribution in [3.8, 4) is 11.5 Å². The zero-order valence-corrected chi connectivity index (χ0v) is 12.6. The van der Waals surface area contributed by atoms with Gasteiger partial charge in [0.1, 0.15) is 11.5 Å². The van der Waals surface area contributed by atoms with Gasteiger partial charge < -0.3 is 25.6 Å². The number of aromatic hydroxyl groups is 1. The Bertz CT molecular complexity index is 492. The van der Waals surface area contributed by atoms with E-state index >= 15 is 0 Å². The molecule has 1 unspecified atom stereocenters. The van der Waals surface area contributed by atoms with E-state index in [-0.39, 0.29) is 25.4 Å². The van der Waals surface area contributed by atoms with Crippen LogP contribution in [0.15, 0.2) is 24.3 Å². The fourth-order valence-electron chi connectivity index (χ4n) is 1.62. The number of hydrogen-bond donors (Lipinski definition) is 3. The quantitative estimate of drug-likeness (QED) is 0.681. The molecule has 0 aromatic heterocycles. The number of nitrogens with one attached hydrogen (secondary N) is 1. The fourth-order valence-corrected chi connectivity index (χ4v) is 1.62. The molecule has 1 aromatic rings. The molecule has 0 heterocycles. The molecule has 0 aliphatic rings. The molecular formula is C14H21N3O5. The Kier molecular flexibility index (Phi) is 6.97. The lowest BCUT2D eigenvalue weighted by Crippen LogP contribution is -2.50. The number of urea groups is 1. The lowest BCUT2D eigenvalue weighted by molar-refractivity contribution is 0.108. The summed E-state index contributed by atoms with van der Waals surface area (Å²) in [7, 11) is 0. The van der Waals surface area contributed by atoms with E-state index in [1.165, 1.54) is 12.1 Å². The van der Waals surface area contributed by atoms with Gasteiger partial charge in [0.25, 0.3) is 0 Å². The SMILES string of the molecule is CCOC(=O)N(CCN)C(=O)NC(C)Oc1ccc(O)cc1. The Labute approximate surface area is 128 Å². The van der Waals surface area contributed by atoms with Crippen molar-refractivity contribution in [2.24, 2.45) is 5.73 Å². The summed E-state index contributed by atoms with van der Waals surface area (Å²) in [6, 6.07) is 5.38. The van der Waals surface area contributed by atoms with Gasteiger partial charge in [-0.25, -0.2) is 14.5 Å². The summed E-state index contributed by atoms with van der Waals surface area (Å²) >= 11 is 0. The van der Waals surface area contributed by atoms with Crippen LogP contribution in [0.2, 0.25) is 0 Å². The molecule has 0 spiro atoms. The van der Waals surface area contributed by atoms with E-state index in [4.69, 9.17) is 15.2 Å². The molecule has 3 amide bonds. The molecule has 1 atom stereocenters. The van der Waals surface area contributed by atoms with Gasteiger partial charge in [0, 0.05) is 13.1 Å². The summed E-state index contributed by atoms with van der Waals surface area (Å²) in [6.45, 7) is 3.58. The third kappa shape index (κ3) is 5.49. The summed E-state index contributed by atoms with van der Waals surface area (Å²) in [6.07, 6.45) is -1.45. The number of carbonyl (C=O) groups excluding carboxylic acids is 2. The largest absolute Gasteiger partial charge is 0.508 e. The fraction of sp³-hybridized carbons (Fsp3) is 0.429. The van der Waals surface area contributed by atoms with Gasteiger partial charge in [-0.15, -0.1) is 0 Å². The standard InChI is InChI=1S/C14H21N3O5/c1-3-21-14(20)17(9-8-15)13(19)16-10(2)22-12-6-4-11(18)5-7-12/h4-7,10,18H,3,8-9,15H2,1-2H3,(H,16,19). The molecule has 122 valence electrons. The maximum Gasteiger partial charge on any atom is 0.418 e. The van der Waals surface area contributed by atoms with E-state index in [0.29, 0.717) is 5.75 Å². The highest BCUT2D eigenvalue weighted by molar-refractivity contribution is 5.90. The Morgan fingerprint density at radius 3 is 2.55 bits per heavy atom. The Balaban J connectivity index is 2.59. The summed E-state index contributed by atoms with van der Waals surface area (Å²) in [5.41, 5.74) is 5.39. The van der Waals surface area contributed by atoms with Crippen LogP contribution >= 0.6 is 0 Å². The third-order valence-corrected chi connectivity index (χ3v) is 2.56. The van der Waals surface area contributed by atoms with Gasteiger partial charge in [0.2, 0.25) is 0 Å². The first-order valence-corrected chi connectivity index (χ1v) is 6.88. The minimum Gasteiger partial charge on any atom is -0.508 e. The second-order valence-electron chi connectivity index (χ2n) is 4.34. The second-order valence-corrected chi connectivity index (χ2v) is 4.34. The maximum atomic E-state index is 12.0. The average Bonchev–Trinajstić information content (AvgIpc) is 2.47. The number of carbonyl (C=O) groups is 2. The number of phenolic OH excluding ortho intramolecular Hbond substituents is 1. The van der Waals surface area contributed by atoms with E-state index in [1.807, 2.05) is 0 Å². The molecule has 0 saturated heterocycles. The van der Waals surface area contributed by atoms with Crippen LogP contribution in [-0.2, 0) is 4.74 Å². The molecule has 1 aromatic carbocycles. The summed E-state index contributed by atoms with van der Waals surface area (Å²) in [4.78, 5) is 24.6. The van der Waals surface area contributed by atoms with E-state index in [0.717, 1.165) is 4.90 Å². The Hall–Kier alpha value is -2.48. The van der Waals surface area contributed by atoms with Crippen molar-refractivity contribution >= 4 is 12.1 Å². The predicted octanol–water partition coefficient (Wildman–Crippen LogP) is 1.24. The van der Waals surface area contributed by atoms with E-state index < -0.39 is 18.4 Å². The maximum absolute atomic E-state index is 12.0. The summed E-state index contributed by atoms with van der Waals surface area (Å²) < 4.78 is 10.2. The van der Waals surface area contributed by atoms with Crippen LogP contribution in [0.1, 0.15) is 13.8 Å². The first-order chi connectivity index (χ1) is 10.5. The van der Waals surface area contributed by atoms with E-state index in [1.54, 1.807) is 26.0 Å². The molecule has 22 heavy (non-hydrogen) atoms. The number of nitrogens with zero attached hydrogens (tertiary/aromatic N) is 1. The van der Waals surface area contributed by atoms with Crippen LogP contribution in [0.4, 0.5) is 9.59 Å². The molecule has 1 rings (SSSR count). The van der Waals surface area contributed by atoms with E-state index in [2.05, 4.69) is 5.32 Å². The highest BCUT2D eigenvalue weighted by atomic mass is 16.6. The van der Waals surface area contributed by atoms with Crippen LogP contribution in [0.25, 0.3) is 0 Å². The highest BCUT2D eigenvalue weighted by Gasteiger charge is 2.23. The van der Waals surface area contributed by atoms with Gasteiger partial charge in [0.05, 0.1) is 6.61 Å². The minimum atomic E-state index is -0.762. The van der Waals surface area contributed by atoms with Gasteiger partial charge in [-0.2, -0.15) is 0 Å². The van der Waals surface area contributed by atoms with Crippen LogP contribution in [-0.4, -0.2) is 48.1 Å². The lowest BCUT2D eigenvalue weighted by atomic mass is 10.3. The first-order valence-electron chi connectivity index (χ1n) is 6.88. The molecule has 8 heteroatoms. The lowest BCUT2D eigenvalue weighted by Gasteiger charge is -2.23. The molecule has 8 nitrogen and oxygen atoms in total. The van der Waals surface area contributed by atoms with Crippen molar-refractivity contribution in [3.05, 3.63) is 24.3 Å². The number of rotatable bonds is 6. The van der Waals surface area contributed by atoms with Gasteiger partial charge >= 0.3 is 12.1 Å². The zero-order valence-electron chi connectivity index (χ0n) is 12.6. The number of benzene rings is 1. The monoisotopic (exact) mass is 311 g/mol. The van der Waals surface area contributed by atoms with Crippen molar-refractivity contribution in [1.82, 2.24) is 10.2 Å². The first kappa shape index (κ1) is 17.6. The van der Waals surface area contributed by atoms with Crippen LogP contribution < -0.4 is 15.8 Å². The van der Waals surface area contributed by atoms with Crippen molar-refractivity contribution in [2.45, 2.75) is 20.1 Å². The normalized spacial score (nSPS) is 11.4. The summed E-state index contributed by atoms with van der Waals surface area (Å²) in [5.74, 6) is 0.576. The summed E-state index contributed by atoms with van der Waals surface area (Å²) in [5, 5.41) is 11.7. The minimum absolute atomic E-state index is 0.0383. The zero-order chi connectivity index (χ0) is 16.5. The second kappa shape index (κ2) is 8.73. The number of ether oxygens (including phenoxy) is 2. The molecule has 0 radical (unpaired) electrons. The number of hydrogen-bond acceptors (Lipinski definition) is 6. The van der Waals surface area contributed by atoms with Gasteiger partial charge in [-0.3, -0.25) is 0 Å². The molecule has 0 aliphatic heterocycles. The topological polar surface area (TPSA) is 114 Å². The molecular weight excluding hydrogens is 290 g/mol. The van der Waals surface area contributed by atoms with Crippen molar-refractivity contribution < 1.29 is 24.2 Å². The predicted molar refractivity (Wildman–Crippen MR) is 79.5 cm³/mol. The van der Waals surface area contributed by atoms with Crippen molar-refractivity contribution in [3.63, 3.8) is 0 Å². The molecule has 0 bridgehead atoms. The smallest absolute Gasteiger partial charge is 0.418 e. The average molecular weight is 311 g/mol. The van der Waals surface area contributed by atoms with Gasteiger partial charge in [-0.1, -0.05) is 0 Å². The Morgan fingerprint density at radius 1 is 1.36 bits per heavy atom. The van der Waals surface area contributed by atoms with Crippen molar-refractivity contribution in [1.29, 1.82) is 0 Å². The number of imide groups is 1. The number of phenols is 1. The van der Waals surface area contributed by atoms with Crippen LogP contribution in [0.3, 0.4) is 0 Å². The molecule has 4 N–H and O–H groups in total. The molecule has 0 fully saturated rings. The van der Waals surface area contributed by atoms with Crippen molar-refractivity contribution in [2.75, 3.05) is 19.7 Å². The van der Waals surface area contributed by atoms with Crippen LogP contribution in [0.5, 0.6) is 11.5 Å².